The van der Waals surface area contributed by atoms with E-state index in [9.17, 15) is 0 Å². The molecular weight excluding hydrogens is 198 g/mol. The number of hydrogen-bond acceptors (Lipinski definition) is 2. The summed E-state index contributed by atoms with van der Waals surface area (Å²) in [6, 6.07) is 0.287. The van der Waals surface area contributed by atoms with E-state index < -0.39 is 0 Å². The van der Waals surface area contributed by atoms with Crippen LogP contribution in [0.4, 0.5) is 0 Å². The second-order valence-corrected chi connectivity index (χ2v) is 5.87. The van der Waals surface area contributed by atoms with E-state index in [1.165, 1.54) is 38.5 Å². The van der Waals surface area contributed by atoms with E-state index in [0.717, 1.165) is 12.5 Å². The smallest absolute Gasteiger partial charge is 0.0754 e. The Morgan fingerprint density at radius 3 is 2.38 bits per heavy atom. The average molecular weight is 225 g/mol. The number of rotatable bonds is 3. The van der Waals surface area contributed by atoms with Crippen LogP contribution in [0.2, 0.25) is 0 Å². The topological polar surface area (TPSA) is 35.2 Å². The highest BCUT2D eigenvalue weighted by molar-refractivity contribution is 4.89. The molecule has 2 heteroatoms. The molecule has 0 aromatic carbocycles. The fraction of sp³-hybridized carbons (Fsp3) is 1.00. The quantitative estimate of drug-likeness (QED) is 0.801. The lowest BCUT2D eigenvalue weighted by atomic mass is 9.75. The molecule has 3 unspecified atom stereocenters. The molecular formula is C14H27NO. The summed E-state index contributed by atoms with van der Waals surface area (Å²) in [5.74, 6) is 2.35. The lowest BCUT2D eigenvalue weighted by Gasteiger charge is -2.35. The Bertz CT molecular complexity index is 211. The van der Waals surface area contributed by atoms with Gasteiger partial charge in [0.15, 0.2) is 0 Å². The molecule has 16 heavy (non-hydrogen) atoms. The molecule has 2 nitrogen and oxygen atoms in total. The van der Waals surface area contributed by atoms with E-state index in [0.29, 0.717) is 17.9 Å². The molecule has 3 atom stereocenters. The van der Waals surface area contributed by atoms with Crippen molar-refractivity contribution in [2.75, 3.05) is 6.61 Å². The van der Waals surface area contributed by atoms with E-state index in [1.54, 1.807) is 0 Å². The molecule has 2 rings (SSSR count). The standard InChI is InChI=1S/C14H27NO/c1-3-11-4-6-12(7-5-11)13(15)14-10(2)8-9-16-14/h10-14H,3-9,15H2,1-2H3. The van der Waals surface area contributed by atoms with Gasteiger partial charge in [-0.3, -0.25) is 0 Å². The van der Waals surface area contributed by atoms with Gasteiger partial charge in [-0.15, -0.1) is 0 Å². The van der Waals surface area contributed by atoms with E-state index in [-0.39, 0.29) is 6.04 Å². The zero-order valence-electron chi connectivity index (χ0n) is 10.8. The molecule has 2 fully saturated rings. The van der Waals surface area contributed by atoms with Crippen LogP contribution in [0.1, 0.15) is 52.4 Å². The van der Waals surface area contributed by atoms with Gasteiger partial charge in [0.2, 0.25) is 0 Å². The van der Waals surface area contributed by atoms with Crippen LogP contribution in [-0.2, 0) is 4.74 Å². The van der Waals surface area contributed by atoms with E-state index in [1.807, 2.05) is 0 Å². The molecule has 2 aliphatic rings. The van der Waals surface area contributed by atoms with Crippen molar-refractivity contribution in [2.24, 2.45) is 23.5 Å². The zero-order chi connectivity index (χ0) is 11.5. The van der Waals surface area contributed by atoms with Gasteiger partial charge in [0.25, 0.3) is 0 Å². The molecule has 1 aliphatic heterocycles. The van der Waals surface area contributed by atoms with Gasteiger partial charge in [-0.1, -0.05) is 33.1 Å². The zero-order valence-corrected chi connectivity index (χ0v) is 10.8. The molecule has 94 valence electrons. The third kappa shape index (κ3) is 2.60. The maximum Gasteiger partial charge on any atom is 0.0754 e. The summed E-state index contributed by atoms with van der Waals surface area (Å²) in [6.07, 6.45) is 8.30. The van der Waals surface area contributed by atoms with Gasteiger partial charge in [-0.25, -0.2) is 0 Å². The first kappa shape index (κ1) is 12.4. The Kier molecular flexibility index (Phi) is 4.26. The maximum atomic E-state index is 6.41. The molecule has 1 saturated heterocycles. The highest BCUT2D eigenvalue weighted by atomic mass is 16.5. The van der Waals surface area contributed by atoms with Crippen molar-refractivity contribution in [1.29, 1.82) is 0 Å². The fourth-order valence-corrected chi connectivity index (χ4v) is 3.46. The summed E-state index contributed by atoms with van der Waals surface area (Å²) in [6.45, 7) is 5.52. The molecule has 0 radical (unpaired) electrons. The van der Waals surface area contributed by atoms with Crippen molar-refractivity contribution in [1.82, 2.24) is 0 Å². The second-order valence-electron chi connectivity index (χ2n) is 5.87. The summed E-state index contributed by atoms with van der Waals surface area (Å²) in [7, 11) is 0. The third-order valence-electron chi connectivity index (χ3n) is 4.84. The number of hydrogen-bond donors (Lipinski definition) is 1. The minimum Gasteiger partial charge on any atom is -0.376 e. The molecule has 0 amide bonds. The number of nitrogens with two attached hydrogens (primary N) is 1. The third-order valence-corrected chi connectivity index (χ3v) is 4.84. The van der Waals surface area contributed by atoms with Gasteiger partial charge in [-0.05, 0) is 37.0 Å². The van der Waals surface area contributed by atoms with Gasteiger partial charge >= 0.3 is 0 Å². The minimum absolute atomic E-state index is 0.287. The molecule has 0 aromatic rings. The van der Waals surface area contributed by atoms with Crippen LogP contribution in [0.15, 0.2) is 0 Å². The number of ether oxygens (including phenoxy) is 1. The monoisotopic (exact) mass is 225 g/mol. The van der Waals surface area contributed by atoms with Gasteiger partial charge in [0.1, 0.15) is 0 Å². The lowest BCUT2D eigenvalue weighted by molar-refractivity contribution is 0.0439. The molecule has 1 heterocycles. The predicted octanol–water partition coefficient (Wildman–Crippen LogP) is 2.96. The summed E-state index contributed by atoms with van der Waals surface area (Å²) in [4.78, 5) is 0. The Morgan fingerprint density at radius 2 is 1.88 bits per heavy atom. The Balaban J connectivity index is 1.83. The molecule has 1 aliphatic carbocycles. The Labute approximate surface area is 99.9 Å². The average Bonchev–Trinajstić information content (AvgIpc) is 2.75. The normalized spacial score (nSPS) is 42.2. The van der Waals surface area contributed by atoms with Crippen LogP contribution in [0.25, 0.3) is 0 Å². The lowest BCUT2D eigenvalue weighted by Crippen LogP contribution is -2.44. The van der Waals surface area contributed by atoms with Crippen molar-refractivity contribution >= 4 is 0 Å². The Morgan fingerprint density at radius 1 is 1.19 bits per heavy atom. The fourth-order valence-electron chi connectivity index (χ4n) is 3.46. The van der Waals surface area contributed by atoms with Crippen molar-refractivity contribution < 1.29 is 4.74 Å². The second kappa shape index (κ2) is 5.50. The summed E-state index contributed by atoms with van der Waals surface area (Å²) >= 11 is 0. The first-order valence-corrected chi connectivity index (χ1v) is 7.09. The highest BCUT2D eigenvalue weighted by Crippen LogP contribution is 2.35. The summed E-state index contributed by atoms with van der Waals surface area (Å²) < 4.78 is 5.81. The van der Waals surface area contributed by atoms with Crippen molar-refractivity contribution in [3.63, 3.8) is 0 Å². The van der Waals surface area contributed by atoms with Crippen molar-refractivity contribution in [3.05, 3.63) is 0 Å². The largest absolute Gasteiger partial charge is 0.376 e. The van der Waals surface area contributed by atoms with Crippen molar-refractivity contribution in [3.8, 4) is 0 Å². The van der Waals surface area contributed by atoms with Crippen LogP contribution >= 0.6 is 0 Å². The maximum absolute atomic E-state index is 6.41. The molecule has 0 spiro atoms. The first-order valence-electron chi connectivity index (χ1n) is 7.09. The van der Waals surface area contributed by atoms with Crippen LogP contribution in [0.3, 0.4) is 0 Å². The van der Waals surface area contributed by atoms with Gasteiger partial charge in [0, 0.05) is 12.6 Å². The van der Waals surface area contributed by atoms with Crippen LogP contribution in [0.5, 0.6) is 0 Å². The SMILES string of the molecule is CCC1CCC(C(N)C2OCCC2C)CC1. The minimum atomic E-state index is 0.287. The van der Waals surface area contributed by atoms with E-state index in [4.69, 9.17) is 10.5 Å². The molecule has 1 saturated carbocycles. The van der Waals surface area contributed by atoms with Gasteiger partial charge in [-0.2, -0.15) is 0 Å². The van der Waals surface area contributed by atoms with Crippen LogP contribution in [-0.4, -0.2) is 18.8 Å². The van der Waals surface area contributed by atoms with Gasteiger partial charge in [0.05, 0.1) is 6.10 Å². The Hall–Kier alpha value is -0.0800. The predicted molar refractivity (Wildman–Crippen MR) is 67.2 cm³/mol. The summed E-state index contributed by atoms with van der Waals surface area (Å²) in [5.41, 5.74) is 6.41. The molecule has 0 bridgehead atoms. The van der Waals surface area contributed by atoms with E-state index >= 15 is 0 Å². The first-order chi connectivity index (χ1) is 7.72. The van der Waals surface area contributed by atoms with Crippen LogP contribution in [0, 0.1) is 17.8 Å². The van der Waals surface area contributed by atoms with Crippen molar-refractivity contribution in [2.45, 2.75) is 64.5 Å². The van der Waals surface area contributed by atoms with Gasteiger partial charge < -0.3 is 10.5 Å². The highest BCUT2D eigenvalue weighted by Gasteiger charge is 2.35. The van der Waals surface area contributed by atoms with Crippen LogP contribution < -0.4 is 5.73 Å². The molecule has 0 aromatic heterocycles. The summed E-state index contributed by atoms with van der Waals surface area (Å²) in [5, 5.41) is 0. The molecule has 2 N–H and O–H groups in total. The van der Waals surface area contributed by atoms with E-state index in [2.05, 4.69) is 13.8 Å².